The minimum atomic E-state index is 0.278. The topological polar surface area (TPSA) is 21.3 Å². The predicted molar refractivity (Wildman–Crippen MR) is 89.5 cm³/mol. The molecule has 1 N–H and O–H groups in total. The Hall–Kier alpha value is -1.32. The number of methoxy groups -OCH3 is 1. The molecule has 1 unspecified atom stereocenters. The van der Waals surface area contributed by atoms with Gasteiger partial charge in [-0.15, -0.1) is 11.3 Å². The summed E-state index contributed by atoms with van der Waals surface area (Å²) in [6, 6.07) is 11.1. The maximum atomic E-state index is 5.38. The van der Waals surface area contributed by atoms with E-state index in [-0.39, 0.29) is 6.04 Å². The normalized spacial score (nSPS) is 15.5. The molecule has 0 spiro atoms. The van der Waals surface area contributed by atoms with E-state index in [0.717, 1.165) is 12.3 Å². The van der Waals surface area contributed by atoms with Gasteiger partial charge in [0.25, 0.3) is 0 Å². The fourth-order valence-electron chi connectivity index (χ4n) is 3.06. The molecule has 0 saturated carbocycles. The zero-order valence-electron chi connectivity index (χ0n) is 12.8. The molecule has 0 saturated heterocycles. The summed E-state index contributed by atoms with van der Waals surface area (Å²) in [4.78, 5) is 3.04. The van der Waals surface area contributed by atoms with Crippen LogP contribution in [-0.2, 0) is 12.8 Å². The van der Waals surface area contributed by atoms with Gasteiger partial charge in [0.15, 0.2) is 0 Å². The van der Waals surface area contributed by atoms with Crippen molar-refractivity contribution in [3.05, 3.63) is 51.2 Å². The lowest BCUT2D eigenvalue weighted by Gasteiger charge is -2.17. The number of nitrogens with one attached hydrogen (secondary N) is 1. The lowest BCUT2D eigenvalue weighted by atomic mass is 9.97. The van der Waals surface area contributed by atoms with Crippen molar-refractivity contribution >= 4 is 11.3 Å². The van der Waals surface area contributed by atoms with Crippen LogP contribution in [0.2, 0.25) is 0 Å². The van der Waals surface area contributed by atoms with Gasteiger partial charge in [-0.2, -0.15) is 0 Å². The Kier molecular flexibility index (Phi) is 4.61. The van der Waals surface area contributed by atoms with Crippen molar-refractivity contribution in [1.82, 2.24) is 5.32 Å². The molecule has 0 amide bonds. The van der Waals surface area contributed by atoms with Crippen LogP contribution in [0.4, 0.5) is 0 Å². The molecule has 1 aromatic heterocycles. The number of benzene rings is 1. The first-order valence-corrected chi connectivity index (χ1v) is 8.62. The smallest absolute Gasteiger partial charge is 0.119 e. The Morgan fingerprint density at radius 1 is 1.24 bits per heavy atom. The monoisotopic (exact) mass is 301 g/mol. The molecular weight excluding hydrogens is 278 g/mol. The second kappa shape index (κ2) is 6.63. The van der Waals surface area contributed by atoms with E-state index in [1.807, 2.05) is 17.4 Å². The van der Waals surface area contributed by atoms with Crippen LogP contribution in [0.5, 0.6) is 5.75 Å². The Bertz CT molecular complexity index is 582. The summed E-state index contributed by atoms with van der Waals surface area (Å²) < 4.78 is 5.38. The molecule has 0 bridgehead atoms. The fourth-order valence-corrected chi connectivity index (χ4v) is 4.43. The van der Waals surface area contributed by atoms with Gasteiger partial charge in [-0.1, -0.05) is 19.1 Å². The Labute approximate surface area is 131 Å². The highest BCUT2D eigenvalue weighted by molar-refractivity contribution is 7.12. The Morgan fingerprint density at radius 3 is 2.86 bits per heavy atom. The van der Waals surface area contributed by atoms with Crippen molar-refractivity contribution in [3.8, 4) is 5.75 Å². The number of thiophene rings is 1. The fraction of sp³-hybridized carbons (Fsp3) is 0.444. The first-order valence-electron chi connectivity index (χ1n) is 7.80. The van der Waals surface area contributed by atoms with Gasteiger partial charge in [-0.3, -0.25) is 0 Å². The van der Waals surface area contributed by atoms with Crippen LogP contribution in [0.3, 0.4) is 0 Å². The second-order valence-corrected chi connectivity index (χ2v) is 6.74. The van der Waals surface area contributed by atoms with Crippen molar-refractivity contribution in [2.24, 2.45) is 0 Å². The van der Waals surface area contributed by atoms with E-state index >= 15 is 0 Å². The third kappa shape index (κ3) is 3.14. The Morgan fingerprint density at radius 2 is 2.10 bits per heavy atom. The molecule has 1 aromatic carbocycles. The molecule has 1 heterocycles. The SMILES string of the molecule is CCNC(c1cccc(OC)c1)c1cc2c(s1)CCCC2. The van der Waals surface area contributed by atoms with E-state index in [0.29, 0.717) is 0 Å². The van der Waals surface area contributed by atoms with E-state index in [1.54, 1.807) is 17.6 Å². The summed E-state index contributed by atoms with van der Waals surface area (Å²) in [6.45, 7) is 3.13. The highest BCUT2D eigenvalue weighted by Crippen LogP contribution is 2.36. The maximum Gasteiger partial charge on any atom is 0.119 e. The largest absolute Gasteiger partial charge is 0.497 e. The quantitative estimate of drug-likeness (QED) is 0.887. The molecule has 2 aromatic rings. The lowest BCUT2D eigenvalue weighted by molar-refractivity contribution is 0.413. The zero-order valence-corrected chi connectivity index (χ0v) is 13.6. The van der Waals surface area contributed by atoms with Gasteiger partial charge in [-0.25, -0.2) is 0 Å². The highest BCUT2D eigenvalue weighted by atomic mass is 32.1. The van der Waals surface area contributed by atoms with Gasteiger partial charge in [0, 0.05) is 9.75 Å². The standard InChI is InChI=1S/C18H23NOS/c1-3-19-18(14-8-6-9-15(11-14)20-2)17-12-13-7-4-5-10-16(13)21-17/h6,8-9,11-12,18-19H,3-5,7,10H2,1-2H3. The van der Waals surface area contributed by atoms with Gasteiger partial charge in [0.05, 0.1) is 13.2 Å². The molecule has 2 nitrogen and oxygen atoms in total. The van der Waals surface area contributed by atoms with E-state index in [9.17, 15) is 0 Å². The van der Waals surface area contributed by atoms with Gasteiger partial charge < -0.3 is 10.1 Å². The van der Waals surface area contributed by atoms with Crippen LogP contribution in [0.15, 0.2) is 30.3 Å². The highest BCUT2D eigenvalue weighted by Gasteiger charge is 2.20. The average Bonchev–Trinajstić information content (AvgIpc) is 2.96. The lowest BCUT2D eigenvalue weighted by Crippen LogP contribution is -2.21. The number of hydrogen-bond acceptors (Lipinski definition) is 3. The van der Waals surface area contributed by atoms with E-state index in [2.05, 4.69) is 36.5 Å². The summed E-state index contributed by atoms with van der Waals surface area (Å²) in [5.41, 5.74) is 2.86. The van der Waals surface area contributed by atoms with Crippen LogP contribution >= 0.6 is 11.3 Å². The van der Waals surface area contributed by atoms with Gasteiger partial charge in [-0.05, 0) is 61.6 Å². The van der Waals surface area contributed by atoms with Crippen LogP contribution in [0.1, 0.15) is 46.7 Å². The minimum absolute atomic E-state index is 0.278. The number of hydrogen-bond donors (Lipinski definition) is 1. The second-order valence-electron chi connectivity index (χ2n) is 5.57. The zero-order chi connectivity index (χ0) is 14.7. The third-order valence-electron chi connectivity index (χ3n) is 4.14. The van der Waals surface area contributed by atoms with Crippen molar-refractivity contribution in [3.63, 3.8) is 0 Å². The number of aryl methyl sites for hydroxylation is 2. The molecule has 1 aliphatic rings. The molecule has 1 atom stereocenters. The molecule has 3 rings (SSSR count). The Balaban J connectivity index is 1.94. The molecule has 1 aliphatic carbocycles. The summed E-state index contributed by atoms with van der Waals surface area (Å²) in [6.07, 6.45) is 5.20. The molecule has 112 valence electrons. The third-order valence-corrected chi connectivity index (χ3v) is 5.44. The van der Waals surface area contributed by atoms with Crippen molar-refractivity contribution in [2.75, 3.05) is 13.7 Å². The minimum Gasteiger partial charge on any atom is -0.497 e. The van der Waals surface area contributed by atoms with Gasteiger partial charge >= 0.3 is 0 Å². The average molecular weight is 301 g/mol. The van der Waals surface area contributed by atoms with Crippen LogP contribution < -0.4 is 10.1 Å². The van der Waals surface area contributed by atoms with Crippen molar-refractivity contribution < 1.29 is 4.74 Å². The van der Waals surface area contributed by atoms with Crippen LogP contribution in [0.25, 0.3) is 0 Å². The van der Waals surface area contributed by atoms with Crippen molar-refractivity contribution in [2.45, 2.75) is 38.6 Å². The van der Waals surface area contributed by atoms with Gasteiger partial charge in [0.1, 0.15) is 5.75 Å². The van der Waals surface area contributed by atoms with Crippen LogP contribution in [0, 0.1) is 0 Å². The number of ether oxygens (including phenoxy) is 1. The van der Waals surface area contributed by atoms with Gasteiger partial charge in [0.2, 0.25) is 0 Å². The molecule has 21 heavy (non-hydrogen) atoms. The summed E-state index contributed by atoms with van der Waals surface area (Å²) >= 11 is 1.99. The molecule has 0 aliphatic heterocycles. The predicted octanol–water partition coefficient (Wildman–Crippen LogP) is 4.33. The van der Waals surface area contributed by atoms with E-state index in [1.165, 1.54) is 36.1 Å². The van der Waals surface area contributed by atoms with Crippen molar-refractivity contribution in [1.29, 1.82) is 0 Å². The number of fused-ring (bicyclic) bond motifs is 1. The molecule has 0 radical (unpaired) electrons. The summed E-state index contributed by atoms with van der Waals surface area (Å²) in [5, 5.41) is 3.63. The van der Waals surface area contributed by atoms with E-state index < -0.39 is 0 Å². The van der Waals surface area contributed by atoms with Crippen LogP contribution in [-0.4, -0.2) is 13.7 Å². The molecule has 3 heteroatoms. The summed E-state index contributed by atoms with van der Waals surface area (Å²) in [5.74, 6) is 0.928. The first kappa shape index (κ1) is 14.6. The number of rotatable bonds is 5. The van der Waals surface area contributed by atoms with E-state index in [4.69, 9.17) is 4.74 Å². The summed E-state index contributed by atoms with van der Waals surface area (Å²) in [7, 11) is 1.73. The molecule has 0 fully saturated rings. The first-order chi connectivity index (χ1) is 10.3. The molecular formula is C18H23NOS. The maximum absolute atomic E-state index is 5.38.